The van der Waals surface area contributed by atoms with Crippen molar-refractivity contribution in [1.29, 1.82) is 0 Å². The van der Waals surface area contributed by atoms with E-state index in [0.717, 1.165) is 12.1 Å². The molecule has 1 atom stereocenters. The van der Waals surface area contributed by atoms with Crippen molar-refractivity contribution in [1.82, 2.24) is 10.2 Å². The van der Waals surface area contributed by atoms with Gasteiger partial charge in [0, 0.05) is 44.2 Å². The fraction of sp³-hybridized carbons (Fsp3) is 0.538. The van der Waals surface area contributed by atoms with E-state index >= 15 is 0 Å². The van der Waals surface area contributed by atoms with Crippen LogP contribution in [0.4, 0.5) is 17.6 Å². The molecule has 1 saturated heterocycles. The van der Waals surface area contributed by atoms with Gasteiger partial charge in [-0.1, -0.05) is 6.07 Å². The highest BCUT2D eigenvalue weighted by Crippen LogP contribution is 2.31. The summed E-state index contributed by atoms with van der Waals surface area (Å²) in [5.74, 6) is -1.52. The quantitative estimate of drug-likeness (QED) is 0.860. The maximum absolute atomic E-state index is 13.8. The van der Waals surface area contributed by atoms with Gasteiger partial charge < -0.3 is 5.32 Å². The molecule has 20 heavy (non-hydrogen) atoms. The van der Waals surface area contributed by atoms with Gasteiger partial charge in [-0.15, -0.1) is 12.4 Å². The van der Waals surface area contributed by atoms with Crippen LogP contribution in [0.15, 0.2) is 18.2 Å². The van der Waals surface area contributed by atoms with Gasteiger partial charge in [0.2, 0.25) is 6.43 Å². The van der Waals surface area contributed by atoms with Crippen LogP contribution in [0.25, 0.3) is 0 Å². The van der Waals surface area contributed by atoms with Crippen LogP contribution in [-0.2, 0) is 0 Å². The monoisotopic (exact) mass is 312 g/mol. The molecule has 1 aliphatic heterocycles. The molecular formula is C13H17ClF4N2. The van der Waals surface area contributed by atoms with Crippen molar-refractivity contribution in [2.45, 2.75) is 18.9 Å². The lowest BCUT2D eigenvalue weighted by molar-refractivity contribution is 0.0710. The third-order valence-corrected chi connectivity index (χ3v) is 3.33. The molecule has 1 aliphatic rings. The molecular weight excluding hydrogens is 296 g/mol. The molecule has 1 aromatic carbocycles. The Kier molecular flexibility index (Phi) is 6.71. The van der Waals surface area contributed by atoms with E-state index in [4.69, 9.17) is 0 Å². The number of alkyl halides is 2. The van der Waals surface area contributed by atoms with E-state index in [1.165, 1.54) is 6.07 Å². The average molecular weight is 313 g/mol. The highest BCUT2D eigenvalue weighted by Gasteiger charge is 2.29. The smallest absolute Gasteiger partial charge is 0.240 e. The molecule has 1 fully saturated rings. The van der Waals surface area contributed by atoms with Crippen LogP contribution in [0.5, 0.6) is 0 Å². The Hall–Kier alpha value is -0.850. The zero-order valence-electron chi connectivity index (χ0n) is 10.8. The summed E-state index contributed by atoms with van der Waals surface area (Å²) in [6.45, 7) is 2.28. The lowest BCUT2D eigenvalue weighted by Crippen LogP contribution is -2.46. The minimum atomic E-state index is -2.60. The van der Waals surface area contributed by atoms with Crippen LogP contribution in [0, 0.1) is 11.6 Å². The van der Waals surface area contributed by atoms with Gasteiger partial charge in [-0.2, -0.15) is 0 Å². The fourth-order valence-electron chi connectivity index (χ4n) is 2.44. The van der Waals surface area contributed by atoms with Gasteiger partial charge in [0.05, 0.1) is 0 Å². The zero-order valence-corrected chi connectivity index (χ0v) is 11.6. The van der Waals surface area contributed by atoms with Crippen LogP contribution in [0.1, 0.15) is 18.0 Å². The van der Waals surface area contributed by atoms with E-state index < -0.39 is 30.5 Å². The lowest BCUT2D eigenvalue weighted by Gasteiger charge is -2.35. The number of nitrogens with one attached hydrogen (secondary N) is 1. The summed E-state index contributed by atoms with van der Waals surface area (Å²) in [5.41, 5.74) is -0.246. The molecule has 1 N–H and O–H groups in total. The molecule has 0 amide bonds. The molecule has 0 saturated carbocycles. The van der Waals surface area contributed by atoms with Gasteiger partial charge in [-0.25, -0.2) is 17.6 Å². The maximum atomic E-state index is 13.8. The van der Waals surface area contributed by atoms with Crippen molar-refractivity contribution < 1.29 is 17.6 Å². The van der Waals surface area contributed by atoms with Crippen LogP contribution < -0.4 is 5.32 Å². The van der Waals surface area contributed by atoms with Gasteiger partial charge >= 0.3 is 0 Å². The molecule has 1 heterocycles. The number of benzene rings is 1. The highest BCUT2D eigenvalue weighted by atomic mass is 35.5. The molecule has 0 unspecified atom stereocenters. The third-order valence-electron chi connectivity index (χ3n) is 3.33. The average Bonchev–Trinajstić information content (AvgIpc) is 2.38. The Morgan fingerprint density at radius 3 is 2.15 bits per heavy atom. The topological polar surface area (TPSA) is 15.3 Å². The van der Waals surface area contributed by atoms with Crippen molar-refractivity contribution >= 4 is 12.4 Å². The summed E-state index contributed by atoms with van der Waals surface area (Å²) in [7, 11) is 0. The standard InChI is InChI=1S/C13H16F4N2.ClH/c14-9-2-1-3-10(15)13(9)11(8-12(16)17)19-6-4-18-5-7-19;/h1-3,11-12,18H,4-8H2;1H/t11-;/m0./s1. The van der Waals surface area contributed by atoms with E-state index in [9.17, 15) is 17.6 Å². The molecule has 1 aromatic rings. The van der Waals surface area contributed by atoms with Crippen molar-refractivity contribution in [3.8, 4) is 0 Å². The number of hydrogen-bond acceptors (Lipinski definition) is 2. The molecule has 0 bridgehead atoms. The van der Waals surface area contributed by atoms with Crippen molar-refractivity contribution in [3.05, 3.63) is 35.4 Å². The summed E-state index contributed by atoms with van der Waals surface area (Å²) in [6.07, 6.45) is -3.16. The second kappa shape index (κ2) is 7.81. The highest BCUT2D eigenvalue weighted by molar-refractivity contribution is 5.85. The van der Waals surface area contributed by atoms with Crippen LogP contribution in [0.2, 0.25) is 0 Å². The first-order valence-electron chi connectivity index (χ1n) is 6.26. The van der Waals surface area contributed by atoms with Crippen molar-refractivity contribution in [2.75, 3.05) is 26.2 Å². The predicted molar refractivity (Wildman–Crippen MR) is 71.4 cm³/mol. The van der Waals surface area contributed by atoms with Crippen LogP contribution >= 0.6 is 12.4 Å². The van der Waals surface area contributed by atoms with E-state index in [1.54, 1.807) is 4.90 Å². The Bertz CT molecular complexity index is 405. The molecule has 2 nitrogen and oxygen atoms in total. The second-order valence-electron chi connectivity index (χ2n) is 4.56. The molecule has 7 heteroatoms. The summed E-state index contributed by atoms with van der Waals surface area (Å²) in [5, 5.41) is 3.09. The SMILES string of the molecule is Cl.Fc1cccc(F)c1[C@H](CC(F)F)N1CCNCC1. The summed E-state index contributed by atoms with van der Waals surface area (Å²) in [6, 6.07) is 2.55. The number of piperazine rings is 1. The summed E-state index contributed by atoms with van der Waals surface area (Å²) < 4.78 is 53.0. The van der Waals surface area contributed by atoms with Gasteiger partial charge in [0.25, 0.3) is 0 Å². The fourth-order valence-corrected chi connectivity index (χ4v) is 2.44. The lowest BCUT2D eigenvalue weighted by atomic mass is 10.00. The molecule has 0 spiro atoms. The van der Waals surface area contributed by atoms with E-state index in [2.05, 4.69) is 5.32 Å². The summed E-state index contributed by atoms with van der Waals surface area (Å²) in [4.78, 5) is 1.71. The van der Waals surface area contributed by atoms with Crippen LogP contribution in [0.3, 0.4) is 0 Å². The minimum Gasteiger partial charge on any atom is -0.314 e. The first kappa shape index (κ1) is 17.2. The van der Waals surface area contributed by atoms with E-state index in [0.29, 0.717) is 26.2 Å². The van der Waals surface area contributed by atoms with Gasteiger partial charge in [-0.05, 0) is 12.1 Å². The molecule has 2 rings (SSSR count). The maximum Gasteiger partial charge on any atom is 0.240 e. The van der Waals surface area contributed by atoms with Gasteiger partial charge in [0.1, 0.15) is 11.6 Å². The van der Waals surface area contributed by atoms with Crippen LogP contribution in [-0.4, -0.2) is 37.5 Å². The second-order valence-corrected chi connectivity index (χ2v) is 4.56. The predicted octanol–water partition coefficient (Wildman–Crippen LogP) is 2.99. The normalized spacial score (nSPS) is 17.9. The first-order chi connectivity index (χ1) is 9.09. The van der Waals surface area contributed by atoms with Crippen molar-refractivity contribution in [3.63, 3.8) is 0 Å². The number of rotatable bonds is 4. The van der Waals surface area contributed by atoms with Gasteiger partial charge in [-0.3, -0.25) is 4.90 Å². The minimum absolute atomic E-state index is 0. The van der Waals surface area contributed by atoms with E-state index in [-0.39, 0.29) is 18.0 Å². The number of nitrogens with zero attached hydrogens (tertiary/aromatic N) is 1. The largest absolute Gasteiger partial charge is 0.314 e. The summed E-state index contributed by atoms with van der Waals surface area (Å²) >= 11 is 0. The van der Waals surface area contributed by atoms with E-state index in [1.807, 2.05) is 0 Å². The molecule has 0 aliphatic carbocycles. The Morgan fingerprint density at radius 1 is 1.10 bits per heavy atom. The van der Waals surface area contributed by atoms with Gasteiger partial charge in [0.15, 0.2) is 0 Å². The Labute approximate surface area is 121 Å². The number of halogens is 5. The Morgan fingerprint density at radius 2 is 1.65 bits per heavy atom. The third kappa shape index (κ3) is 4.07. The molecule has 114 valence electrons. The Balaban J connectivity index is 0.00000200. The molecule has 0 aromatic heterocycles. The van der Waals surface area contributed by atoms with Crippen molar-refractivity contribution in [2.24, 2.45) is 0 Å². The zero-order chi connectivity index (χ0) is 13.8. The molecule has 0 radical (unpaired) electrons. The first-order valence-corrected chi connectivity index (χ1v) is 6.26. The number of hydrogen-bond donors (Lipinski definition) is 1.